The van der Waals surface area contributed by atoms with E-state index in [0.717, 1.165) is 25.8 Å². The molecule has 0 aromatic carbocycles. The Hall–Kier alpha value is -1.06. The molecule has 0 spiro atoms. The van der Waals surface area contributed by atoms with Crippen molar-refractivity contribution in [3.8, 4) is 0 Å². The van der Waals surface area contributed by atoms with E-state index in [9.17, 15) is 9.59 Å². The van der Waals surface area contributed by atoms with Crippen molar-refractivity contribution >= 4 is 11.8 Å². The summed E-state index contributed by atoms with van der Waals surface area (Å²) in [6, 6.07) is -0.453. The SMILES string of the molecule is CC(C)CN1C(=O)C2CCCCN2C(=O)C1C. The van der Waals surface area contributed by atoms with E-state index in [1.807, 2.05) is 6.92 Å². The lowest BCUT2D eigenvalue weighted by atomic mass is 9.95. The second-order valence-corrected chi connectivity index (χ2v) is 5.60. The molecule has 2 saturated heterocycles. The summed E-state index contributed by atoms with van der Waals surface area (Å²) in [6.45, 7) is 7.47. The minimum atomic E-state index is -0.278. The number of piperazine rings is 1. The predicted octanol–water partition coefficient (Wildman–Crippen LogP) is 1.25. The van der Waals surface area contributed by atoms with Gasteiger partial charge in [-0.1, -0.05) is 13.8 Å². The lowest BCUT2D eigenvalue weighted by molar-refractivity contribution is -0.163. The summed E-state index contributed by atoms with van der Waals surface area (Å²) >= 11 is 0. The fraction of sp³-hybridized carbons (Fsp3) is 0.846. The van der Waals surface area contributed by atoms with Crippen LogP contribution in [0.1, 0.15) is 40.0 Å². The van der Waals surface area contributed by atoms with Crippen LogP contribution in [0.5, 0.6) is 0 Å². The lowest BCUT2D eigenvalue weighted by Gasteiger charge is -2.46. The van der Waals surface area contributed by atoms with E-state index in [1.54, 1.807) is 9.80 Å². The molecule has 0 aliphatic carbocycles. The molecule has 2 amide bonds. The molecule has 2 aliphatic heterocycles. The van der Waals surface area contributed by atoms with Crippen LogP contribution in [-0.2, 0) is 9.59 Å². The Labute approximate surface area is 103 Å². The first kappa shape index (κ1) is 12.4. The van der Waals surface area contributed by atoms with E-state index in [4.69, 9.17) is 0 Å². The Morgan fingerprint density at radius 1 is 1.24 bits per heavy atom. The van der Waals surface area contributed by atoms with Crippen LogP contribution < -0.4 is 0 Å². The Morgan fingerprint density at radius 3 is 2.59 bits per heavy atom. The molecule has 2 aliphatic rings. The summed E-state index contributed by atoms with van der Waals surface area (Å²) in [4.78, 5) is 28.2. The molecule has 0 radical (unpaired) electrons. The van der Waals surface area contributed by atoms with Crippen molar-refractivity contribution < 1.29 is 9.59 Å². The highest BCUT2D eigenvalue weighted by molar-refractivity contribution is 5.96. The quantitative estimate of drug-likeness (QED) is 0.726. The van der Waals surface area contributed by atoms with E-state index >= 15 is 0 Å². The molecule has 2 unspecified atom stereocenters. The predicted molar refractivity (Wildman–Crippen MR) is 65.4 cm³/mol. The number of carbonyl (C=O) groups excluding carboxylic acids is 2. The molecule has 0 N–H and O–H groups in total. The maximum absolute atomic E-state index is 12.4. The topological polar surface area (TPSA) is 40.6 Å². The number of hydrogen-bond donors (Lipinski definition) is 0. The van der Waals surface area contributed by atoms with Crippen LogP contribution in [0.25, 0.3) is 0 Å². The highest BCUT2D eigenvalue weighted by Gasteiger charge is 2.44. The van der Waals surface area contributed by atoms with E-state index in [-0.39, 0.29) is 23.9 Å². The number of fused-ring (bicyclic) bond motifs is 1. The summed E-state index contributed by atoms with van der Waals surface area (Å²) in [5.41, 5.74) is 0. The molecule has 0 aromatic heterocycles. The summed E-state index contributed by atoms with van der Waals surface area (Å²) < 4.78 is 0. The number of piperidine rings is 1. The third-order valence-electron chi connectivity index (χ3n) is 3.74. The normalized spacial score (nSPS) is 29.9. The standard InChI is InChI=1S/C13H22N2O2/c1-9(2)8-15-10(3)12(16)14-7-5-4-6-11(14)13(15)17/h9-11H,4-8H2,1-3H3. The Kier molecular flexibility index (Phi) is 3.40. The van der Waals surface area contributed by atoms with Crippen molar-refractivity contribution in [2.45, 2.75) is 52.1 Å². The summed E-state index contributed by atoms with van der Waals surface area (Å²) in [6.07, 6.45) is 2.93. The van der Waals surface area contributed by atoms with Crippen LogP contribution in [0.2, 0.25) is 0 Å². The molecule has 0 aromatic rings. The van der Waals surface area contributed by atoms with E-state index < -0.39 is 0 Å². The van der Waals surface area contributed by atoms with Crippen LogP contribution in [-0.4, -0.2) is 46.8 Å². The van der Waals surface area contributed by atoms with Crippen molar-refractivity contribution in [3.05, 3.63) is 0 Å². The molecule has 2 atom stereocenters. The molecule has 4 heteroatoms. The molecule has 2 fully saturated rings. The van der Waals surface area contributed by atoms with Gasteiger partial charge in [-0.05, 0) is 32.1 Å². The third kappa shape index (κ3) is 2.17. The highest BCUT2D eigenvalue weighted by Crippen LogP contribution is 2.26. The number of nitrogens with zero attached hydrogens (tertiary/aromatic N) is 2. The van der Waals surface area contributed by atoms with Gasteiger partial charge in [0.25, 0.3) is 0 Å². The number of hydrogen-bond acceptors (Lipinski definition) is 2. The van der Waals surface area contributed by atoms with Gasteiger partial charge in [0.05, 0.1) is 0 Å². The van der Waals surface area contributed by atoms with E-state index in [1.165, 1.54) is 0 Å². The van der Waals surface area contributed by atoms with Crippen LogP contribution in [0, 0.1) is 5.92 Å². The maximum atomic E-state index is 12.4. The largest absolute Gasteiger partial charge is 0.329 e. The smallest absolute Gasteiger partial charge is 0.246 e. The van der Waals surface area contributed by atoms with Gasteiger partial charge in [-0.25, -0.2) is 0 Å². The molecule has 0 saturated carbocycles. The van der Waals surface area contributed by atoms with Gasteiger partial charge in [-0.3, -0.25) is 9.59 Å². The van der Waals surface area contributed by atoms with Crippen molar-refractivity contribution in [2.24, 2.45) is 5.92 Å². The minimum Gasteiger partial charge on any atom is -0.329 e. The zero-order valence-corrected chi connectivity index (χ0v) is 11.0. The fourth-order valence-electron chi connectivity index (χ4n) is 2.85. The van der Waals surface area contributed by atoms with Crippen LogP contribution >= 0.6 is 0 Å². The van der Waals surface area contributed by atoms with Gasteiger partial charge in [0.2, 0.25) is 11.8 Å². The van der Waals surface area contributed by atoms with E-state index in [0.29, 0.717) is 12.5 Å². The lowest BCUT2D eigenvalue weighted by Crippen LogP contribution is -2.65. The zero-order valence-electron chi connectivity index (χ0n) is 11.0. The van der Waals surface area contributed by atoms with Gasteiger partial charge in [-0.2, -0.15) is 0 Å². The molecule has 17 heavy (non-hydrogen) atoms. The number of amides is 2. The third-order valence-corrected chi connectivity index (χ3v) is 3.74. The van der Waals surface area contributed by atoms with E-state index in [2.05, 4.69) is 13.8 Å². The first-order chi connectivity index (χ1) is 8.02. The summed E-state index contributed by atoms with van der Waals surface area (Å²) in [5, 5.41) is 0. The average molecular weight is 238 g/mol. The van der Waals surface area contributed by atoms with Crippen molar-refractivity contribution in [3.63, 3.8) is 0 Å². The second-order valence-electron chi connectivity index (χ2n) is 5.60. The Balaban J connectivity index is 2.19. The second kappa shape index (κ2) is 4.67. The summed E-state index contributed by atoms with van der Waals surface area (Å²) in [7, 11) is 0. The Morgan fingerprint density at radius 2 is 1.94 bits per heavy atom. The van der Waals surface area contributed by atoms with Crippen molar-refractivity contribution in [1.82, 2.24) is 9.80 Å². The monoisotopic (exact) mass is 238 g/mol. The Bertz CT molecular complexity index is 327. The van der Waals surface area contributed by atoms with Crippen molar-refractivity contribution in [1.29, 1.82) is 0 Å². The minimum absolute atomic E-state index is 0.134. The van der Waals surface area contributed by atoms with Gasteiger partial charge >= 0.3 is 0 Å². The van der Waals surface area contributed by atoms with Crippen LogP contribution in [0.15, 0.2) is 0 Å². The molecule has 0 bridgehead atoms. The molecule has 2 rings (SSSR count). The number of rotatable bonds is 2. The van der Waals surface area contributed by atoms with Gasteiger partial charge < -0.3 is 9.80 Å². The molecular weight excluding hydrogens is 216 g/mol. The average Bonchev–Trinajstić information content (AvgIpc) is 2.31. The van der Waals surface area contributed by atoms with Crippen molar-refractivity contribution in [2.75, 3.05) is 13.1 Å². The maximum Gasteiger partial charge on any atom is 0.246 e. The van der Waals surface area contributed by atoms with Gasteiger partial charge in [0.1, 0.15) is 12.1 Å². The first-order valence-electron chi connectivity index (χ1n) is 6.63. The molecule has 2 heterocycles. The zero-order chi connectivity index (χ0) is 12.6. The highest BCUT2D eigenvalue weighted by atomic mass is 16.2. The molecule has 4 nitrogen and oxygen atoms in total. The van der Waals surface area contributed by atoms with Crippen LogP contribution in [0.3, 0.4) is 0 Å². The molecule has 96 valence electrons. The van der Waals surface area contributed by atoms with Gasteiger partial charge in [0.15, 0.2) is 0 Å². The van der Waals surface area contributed by atoms with Gasteiger partial charge in [-0.15, -0.1) is 0 Å². The number of carbonyl (C=O) groups is 2. The fourth-order valence-corrected chi connectivity index (χ4v) is 2.85. The summed E-state index contributed by atoms with van der Waals surface area (Å²) in [5.74, 6) is 0.699. The first-order valence-corrected chi connectivity index (χ1v) is 6.63. The molecular formula is C13H22N2O2. The van der Waals surface area contributed by atoms with Gasteiger partial charge in [0, 0.05) is 13.1 Å². The van der Waals surface area contributed by atoms with Crippen LogP contribution in [0.4, 0.5) is 0 Å².